The summed E-state index contributed by atoms with van der Waals surface area (Å²) >= 11 is 0. The molecule has 0 aliphatic heterocycles. The van der Waals surface area contributed by atoms with Gasteiger partial charge < -0.3 is 0 Å². The summed E-state index contributed by atoms with van der Waals surface area (Å²) in [5, 5.41) is 0. The summed E-state index contributed by atoms with van der Waals surface area (Å²) in [6.45, 7) is 1.93. The van der Waals surface area contributed by atoms with Crippen LogP contribution in [-0.4, -0.2) is 0 Å². The maximum atomic E-state index is 13.5. The first-order valence-corrected chi connectivity index (χ1v) is 5.03. The molecule has 0 amide bonds. The lowest BCUT2D eigenvalue weighted by Crippen LogP contribution is -1.96. The Morgan fingerprint density at radius 2 is 1.92 bits per heavy atom. The fourth-order valence-electron chi connectivity index (χ4n) is 2.20. The van der Waals surface area contributed by atoms with E-state index in [0.717, 1.165) is 11.1 Å². The van der Waals surface area contributed by atoms with E-state index in [1.165, 1.54) is 25.7 Å². The second-order valence-corrected chi connectivity index (χ2v) is 4.01. The van der Waals surface area contributed by atoms with Gasteiger partial charge in [-0.3, -0.25) is 0 Å². The molecule has 1 fully saturated rings. The minimum atomic E-state index is -0.00750. The van der Waals surface area contributed by atoms with Gasteiger partial charge in [-0.1, -0.05) is 25.0 Å². The van der Waals surface area contributed by atoms with Crippen LogP contribution in [0.3, 0.4) is 0 Å². The zero-order valence-electron chi connectivity index (χ0n) is 8.02. The predicted octanol–water partition coefficient (Wildman–Crippen LogP) is 3.79. The zero-order chi connectivity index (χ0) is 9.26. The fourth-order valence-corrected chi connectivity index (χ4v) is 2.20. The molecule has 70 valence electrons. The highest BCUT2D eigenvalue weighted by atomic mass is 19.1. The summed E-state index contributed by atoms with van der Waals surface area (Å²) in [4.78, 5) is 0. The van der Waals surface area contributed by atoms with Crippen molar-refractivity contribution >= 4 is 0 Å². The molecule has 0 spiro atoms. The second kappa shape index (κ2) is 3.49. The van der Waals surface area contributed by atoms with Crippen LogP contribution in [0.4, 0.5) is 4.39 Å². The van der Waals surface area contributed by atoms with E-state index in [1.807, 2.05) is 19.1 Å². The Morgan fingerprint density at radius 3 is 2.54 bits per heavy atom. The Kier molecular flexibility index (Phi) is 2.34. The largest absolute Gasteiger partial charge is 0.207 e. The number of rotatable bonds is 1. The molecule has 1 aromatic carbocycles. The van der Waals surface area contributed by atoms with Crippen LogP contribution >= 0.6 is 0 Å². The van der Waals surface area contributed by atoms with E-state index in [4.69, 9.17) is 0 Å². The van der Waals surface area contributed by atoms with Crippen molar-refractivity contribution in [1.29, 1.82) is 0 Å². The molecule has 0 unspecified atom stereocenters. The maximum Gasteiger partial charge on any atom is 0.126 e. The molecule has 1 saturated carbocycles. The van der Waals surface area contributed by atoms with Gasteiger partial charge in [0.25, 0.3) is 0 Å². The van der Waals surface area contributed by atoms with Crippen LogP contribution in [0.15, 0.2) is 18.2 Å². The van der Waals surface area contributed by atoms with Gasteiger partial charge in [0.05, 0.1) is 0 Å². The molecule has 0 bridgehead atoms. The van der Waals surface area contributed by atoms with Crippen LogP contribution in [0.1, 0.15) is 42.7 Å². The van der Waals surface area contributed by atoms with Gasteiger partial charge in [0, 0.05) is 0 Å². The van der Waals surface area contributed by atoms with E-state index in [2.05, 4.69) is 0 Å². The molecule has 0 heterocycles. The number of benzene rings is 1. The van der Waals surface area contributed by atoms with Gasteiger partial charge >= 0.3 is 0 Å². The fraction of sp³-hybridized carbons (Fsp3) is 0.500. The first-order valence-electron chi connectivity index (χ1n) is 5.03. The molecule has 13 heavy (non-hydrogen) atoms. The maximum absolute atomic E-state index is 13.5. The lowest BCUT2D eigenvalue weighted by Gasteiger charge is -2.10. The third-order valence-electron chi connectivity index (χ3n) is 2.95. The van der Waals surface area contributed by atoms with Gasteiger partial charge in [0.1, 0.15) is 5.82 Å². The molecule has 0 aromatic heterocycles. The topological polar surface area (TPSA) is 0 Å². The van der Waals surface area contributed by atoms with E-state index in [0.29, 0.717) is 5.92 Å². The van der Waals surface area contributed by atoms with Crippen molar-refractivity contribution in [2.75, 3.05) is 0 Å². The molecule has 0 radical (unpaired) electrons. The summed E-state index contributed by atoms with van der Waals surface area (Å²) in [6, 6.07) is 5.62. The van der Waals surface area contributed by atoms with Crippen LogP contribution in [0.25, 0.3) is 0 Å². The summed E-state index contributed by atoms with van der Waals surface area (Å²) in [5.41, 5.74) is 1.95. The van der Waals surface area contributed by atoms with Crippen molar-refractivity contribution in [3.05, 3.63) is 35.1 Å². The van der Waals surface area contributed by atoms with Crippen LogP contribution in [0, 0.1) is 12.7 Å². The summed E-state index contributed by atoms with van der Waals surface area (Å²) < 4.78 is 13.5. The minimum Gasteiger partial charge on any atom is -0.207 e. The molecule has 0 nitrogen and oxygen atoms in total. The Hall–Kier alpha value is -0.850. The second-order valence-electron chi connectivity index (χ2n) is 4.01. The Bertz CT molecular complexity index is 298. The van der Waals surface area contributed by atoms with Crippen molar-refractivity contribution in [3.63, 3.8) is 0 Å². The standard InChI is InChI=1S/C12H15F/c1-9-6-7-11(12(13)8-9)10-4-2-3-5-10/h6-8,10H,2-5H2,1H3. The Morgan fingerprint density at radius 1 is 1.23 bits per heavy atom. The summed E-state index contributed by atoms with van der Waals surface area (Å²) in [6.07, 6.45) is 4.86. The van der Waals surface area contributed by atoms with Gasteiger partial charge in [-0.2, -0.15) is 0 Å². The first-order chi connectivity index (χ1) is 6.27. The first kappa shape index (κ1) is 8.74. The average Bonchev–Trinajstić information content (AvgIpc) is 2.56. The van der Waals surface area contributed by atoms with Crippen LogP contribution in [0.2, 0.25) is 0 Å². The van der Waals surface area contributed by atoms with Crippen LogP contribution < -0.4 is 0 Å². The molecule has 0 N–H and O–H groups in total. The van der Waals surface area contributed by atoms with Gasteiger partial charge in [-0.15, -0.1) is 0 Å². The van der Waals surface area contributed by atoms with Gasteiger partial charge in [0.15, 0.2) is 0 Å². The van der Waals surface area contributed by atoms with Crippen molar-refractivity contribution in [2.24, 2.45) is 0 Å². The highest BCUT2D eigenvalue weighted by Crippen LogP contribution is 2.35. The van der Waals surface area contributed by atoms with Gasteiger partial charge in [-0.25, -0.2) is 4.39 Å². The van der Waals surface area contributed by atoms with E-state index in [9.17, 15) is 4.39 Å². The van der Waals surface area contributed by atoms with E-state index >= 15 is 0 Å². The Labute approximate surface area is 78.8 Å². The molecular formula is C12H15F. The highest BCUT2D eigenvalue weighted by Gasteiger charge is 2.19. The van der Waals surface area contributed by atoms with E-state index in [-0.39, 0.29) is 5.82 Å². The lowest BCUT2D eigenvalue weighted by atomic mass is 9.96. The molecule has 1 aliphatic carbocycles. The van der Waals surface area contributed by atoms with E-state index in [1.54, 1.807) is 6.07 Å². The number of hydrogen-bond donors (Lipinski definition) is 0. The normalized spacial score (nSPS) is 18.0. The Balaban J connectivity index is 2.29. The highest BCUT2D eigenvalue weighted by molar-refractivity contribution is 5.26. The van der Waals surface area contributed by atoms with E-state index < -0.39 is 0 Å². The monoisotopic (exact) mass is 178 g/mol. The molecule has 2 rings (SSSR count). The van der Waals surface area contributed by atoms with Crippen LogP contribution in [-0.2, 0) is 0 Å². The number of halogens is 1. The molecular weight excluding hydrogens is 163 g/mol. The van der Waals surface area contributed by atoms with Crippen molar-refractivity contribution in [3.8, 4) is 0 Å². The average molecular weight is 178 g/mol. The van der Waals surface area contributed by atoms with Crippen molar-refractivity contribution in [1.82, 2.24) is 0 Å². The van der Waals surface area contributed by atoms with Gasteiger partial charge in [0.2, 0.25) is 0 Å². The number of hydrogen-bond acceptors (Lipinski definition) is 0. The molecule has 0 atom stereocenters. The van der Waals surface area contributed by atoms with Crippen LogP contribution in [0.5, 0.6) is 0 Å². The van der Waals surface area contributed by atoms with Gasteiger partial charge in [-0.05, 0) is 42.9 Å². The molecule has 1 aliphatic rings. The van der Waals surface area contributed by atoms with Crippen molar-refractivity contribution < 1.29 is 4.39 Å². The SMILES string of the molecule is Cc1ccc(C2CCCC2)c(F)c1. The molecule has 1 heteroatoms. The summed E-state index contributed by atoms with van der Waals surface area (Å²) in [7, 11) is 0. The quantitative estimate of drug-likeness (QED) is 0.613. The molecule has 0 saturated heterocycles. The lowest BCUT2D eigenvalue weighted by molar-refractivity contribution is 0.579. The zero-order valence-corrected chi connectivity index (χ0v) is 8.02. The number of aryl methyl sites for hydroxylation is 1. The summed E-state index contributed by atoms with van der Waals surface area (Å²) in [5.74, 6) is 0.479. The smallest absolute Gasteiger partial charge is 0.126 e. The third-order valence-corrected chi connectivity index (χ3v) is 2.95. The predicted molar refractivity (Wildman–Crippen MR) is 52.3 cm³/mol. The van der Waals surface area contributed by atoms with Crippen molar-refractivity contribution in [2.45, 2.75) is 38.5 Å². The minimum absolute atomic E-state index is 0.00750. The third kappa shape index (κ3) is 1.74. The molecule has 1 aromatic rings.